The number of anilines is 1. The highest BCUT2D eigenvalue weighted by Gasteiger charge is 2.71. The van der Waals surface area contributed by atoms with Crippen LogP contribution in [0.2, 0.25) is 0 Å². The largest absolute Gasteiger partial charge is 0.481 e. The monoisotopic (exact) mass is 544 g/mol. The first-order valence-electron chi connectivity index (χ1n) is 16.1. The van der Waals surface area contributed by atoms with Gasteiger partial charge in [0.25, 0.3) is 0 Å². The van der Waals surface area contributed by atoms with Crippen molar-refractivity contribution in [2.24, 2.45) is 61.8 Å². The number of aliphatic carboxylic acids is 1. The molecule has 40 heavy (non-hydrogen) atoms. The van der Waals surface area contributed by atoms with Crippen molar-refractivity contribution in [3.05, 3.63) is 42.5 Å². The van der Waals surface area contributed by atoms with Crippen LogP contribution in [0.4, 0.5) is 5.69 Å². The molecule has 0 saturated heterocycles. The highest BCUT2D eigenvalue weighted by molar-refractivity contribution is 5.91. The van der Waals surface area contributed by atoms with Gasteiger partial charge in [-0.15, -0.1) is 0 Å². The molecule has 4 nitrogen and oxygen atoms in total. The Morgan fingerprint density at radius 1 is 0.900 bits per heavy atom. The second-order valence-corrected chi connectivity index (χ2v) is 15.9. The number of hydrogen-bond donors (Lipinski definition) is 2. The molecule has 9 atom stereocenters. The Hall–Kier alpha value is -2.10. The molecular formula is C36H52N2O2. The van der Waals surface area contributed by atoms with E-state index in [1.54, 1.807) is 0 Å². The molecule has 0 heterocycles. The maximum absolute atomic E-state index is 12.9. The van der Waals surface area contributed by atoms with E-state index in [4.69, 9.17) is 5.10 Å². The van der Waals surface area contributed by atoms with Crippen LogP contribution in [0, 0.1) is 56.7 Å². The van der Waals surface area contributed by atoms with E-state index < -0.39 is 11.4 Å². The molecule has 4 heteroatoms. The quantitative estimate of drug-likeness (QED) is 0.293. The molecule has 0 amide bonds. The van der Waals surface area contributed by atoms with Gasteiger partial charge in [-0.1, -0.05) is 65.0 Å². The van der Waals surface area contributed by atoms with E-state index in [-0.39, 0.29) is 27.6 Å². The van der Waals surface area contributed by atoms with Crippen LogP contribution >= 0.6 is 0 Å². The third kappa shape index (κ3) is 3.62. The SMILES string of the molecule is C=C(C)[C@@H]1CCC2(C(=O)O)CC[C@]3(C)[C@H](CC[C@@H]4[C@@]5(C)CC/C(=N\Nc6ccccc6)C(C)(C)[C@@H]5CC[C@]43C)[C@@H]12. The summed E-state index contributed by atoms with van der Waals surface area (Å²) in [5, 5.41) is 15.6. The first-order valence-corrected chi connectivity index (χ1v) is 16.1. The number of hydrazone groups is 1. The minimum Gasteiger partial charge on any atom is -0.481 e. The van der Waals surface area contributed by atoms with Gasteiger partial charge in [0.05, 0.1) is 11.1 Å². The third-order valence-electron chi connectivity index (χ3n) is 14.4. The Morgan fingerprint density at radius 3 is 2.30 bits per heavy atom. The average molecular weight is 545 g/mol. The van der Waals surface area contributed by atoms with Gasteiger partial charge in [-0.3, -0.25) is 10.2 Å². The number of allylic oxidation sites excluding steroid dienone is 1. The van der Waals surface area contributed by atoms with E-state index in [1.165, 1.54) is 43.4 Å². The molecule has 6 rings (SSSR count). The zero-order chi connectivity index (χ0) is 28.7. The van der Waals surface area contributed by atoms with Gasteiger partial charge < -0.3 is 5.11 Å². The Morgan fingerprint density at radius 2 is 1.62 bits per heavy atom. The third-order valence-corrected chi connectivity index (χ3v) is 14.4. The first kappa shape index (κ1) is 28.0. The molecule has 0 bridgehead atoms. The Balaban J connectivity index is 1.32. The topological polar surface area (TPSA) is 61.7 Å². The fourth-order valence-electron chi connectivity index (χ4n) is 12.2. The second-order valence-electron chi connectivity index (χ2n) is 15.9. The smallest absolute Gasteiger partial charge is 0.309 e. The fraction of sp³-hybridized carbons (Fsp3) is 0.722. The lowest BCUT2D eigenvalue weighted by Crippen LogP contribution is -2.66. The van der Waals surface area contributed by atoms with Crippen molar-refractivity contribution in [2.75, 3.05) is 5.43 Å². The highest BCUT2D eigenvalue weighted by atomic mass is 16.4. The van der Waals surface area contributed by atoms with Crippen LogP contribution in [-0.2, 0) is 4.79 Å². The van der Waals surface area contributed by atoms with Crippen LogP contribution in [0.3, 0.4) is 0 Å². The predicted octanol–water partition coefficient (Wildman–Crippen LogP) is 9.20. The maximum atomic E-state index is 12.9. The van der Waals surface area contributed by atoms with Crippen molar-refractivity contribution >= 4 is 17.4 Å². The van der Waals surface area contributed by atoms with Gasteiger partial charge in [0.2, 0.25) is 0 Å². The number of carboxylic acid groups (broad SMARTS) is 1. The van der Waals surface area contributed by atoms with Gasteiger partial charge in [-0.2, -0.15) is 5.10 Å². The molecule has 0 aromatic heterocycles. The molecule has 2 N–H and O–H groups in total. The maximum Gasteiger partial charge on any atom is 0.309 e. The van der Waals surface area contributed by atoms with E-state index >= 15 is 0 Å². The Labute approximate surface area is 242 Å². The lowest BCUT2D eigenvalue weighted by atomic mass is 9.32. The molecule has 0 radical (unpaired) electrons. The number of benzene rings is 1. The number of carboxylic acids is 1. The molecule has 1 aromatic carbocycles. The summed E-state index contributed by atoms with van der Waals surface area (Å²) in [5.41, 5.74) is 7.16. The number of hydrogen-bond acceptors (Lipinski definition) is 3. The molecule has 0 aliphatic heterocycles. The predicted molar refractivity (Wildman–Crippen MR) is 164 cm³/mol. The molecule has 1 aromatic rings. The molecule has 5 fully saturated rings. The number of rotatable bonds is 4. The molecule has 5 aliphatic rings. The van der Waals surface area contributed by atoms with Crippen LogP contribution in [0.5, 0.6) is 0 Å². The van der Waals surface area contributed by atoms with E-state index in [0.717, 1.165) is 37.8 Å². The van der Waals surface area contributed by atoms with E-state index in [1.807, 2.05) is 6.07 Å². The van der Waals surface area contributed by atoms with Crippen molar-refractivity contribution in [3.63, 3.8) is 0 Å². The Bertz CT molecular complexity index is 1220. The summed E-state index contributed by atoms with van der Waals surface area (Å²) in [6, 6.07) is 10.3. The summed E-state index contributed by atoms with van der Waals surface area (Å²) >= 11 is 0. The summed E-state index contributed by atoms with van der Waals surface area (Å²) in [4.78, 5) is 12.9. The second kappa shape index (κ2) is 9.20. The van der Waals surface area contributed by atoms with E-state index in [9.17, 15) is 9.90 Å². The summed E-state index contributed by atoms with van der Waals surface area (Å²) in [6.45, 7) is 19.3. The van der Waals surface area contributed by atoms with Crippen molar-refractivity contribution in [2.45, 2.75) is 106 Å². The fourth-order valence-corrected chi connectivity index (χ4v) is 12.2. The van der Waals surface area contributed by atoms with Gasteiger partial charge in [0.1, 0.15) is 0 Å². The highest BCUT2D eigenvalue weighted by Crippen LogP contribution is 2.77. The van der Waals surface area contributed by atoms with Gasteiger partial charge in [-0.05, 0) is 129 Å². The van der Waals surface area contributed by atoms with Crippen molar-refractivity contribution in [1.82, 2.24) is 0 Å². The average Bonchev–Trinajstić information content (AvgIpc) is 3.31. The minimum absolute atomic E-state index is 0.0510. The first-order chi connectivity index (χ1) is 18.8. The van der Waals surface area contributed by atoms with Crippen molar-refractivity contribution in [3.8, 4) is 0 Å². The Kier molecular flexibility index (Phi) is 6.45. The van der Waals surface area contributed by atoms with Crippen LogP contribution in [0.15, 0.2) is 47.6 Å². The molecule has 5 saturated carbocycles. The number of carbonyl (C=O) groups is 1. The summed E-state index contributed by atoms with van der Waals surface area (Å²) in [7, 11) is 0. The van der Waals surface area contributed by atoms with E-state index in [0.29, 0.717) is 23.7 Å². The number of nitrogens with zero attached hydrogens (tertiary/aromatic N) is 1. The normalized spacial score (nSPS) is 46.5. The summed E-state index contributed by atoms with van der Waals surface area (Å²) in [6.07, 6.45) is 10.9. The van der Waals surface area contributed by atoms with Gasteiger partial charge >= 0.3 is 5.97 Å². The molecule has 5 aliphatic carbocycles. The minimum atomic E-state index is -0.540. The van der Waals surface area contributed by atoms with Crippen molar-refractivity contribution in [1.29, 1.82) is 0 Å². The van der Waals surface area contributed by atoms with Crippen LogP contribution < -0.4 is 5.43 Å². The van der Waals surface area contributed by atoms with E-state index in [2.05, 4.69) is 77.8 Å². The van der Waals surface area contributed by atoms with Gasteiger partial charge in [0.15, 0.2) is 0 Å². The lowest BCUT2D eigenvalue weighted by molar-refractivity contribution is -0.230. The number of para-hydroxylation sites is 1. The summed E-state index contributed by atoms with van der Waals surface area (Å²) < 4.78 is 0. The number of nitrogens with one attached hydrogen (secondary N) is 1. The van der Waals surface area contributed by atoms with Crippen LogP contribution in [0.1, 0.15) is 106 Å². The number of fused-ring (bicyclic) bond motifs is 7. The zero-order valence-electron chi connectivity index (χ0n) is 25.9. The standard InChI is InChI=1S/C36H52N2O2/c1-23(2)25-15-20-36(31(39)40)22-21-34(6)26(30(25)36)13-14-28-33(5)18-17-29(38-37-24-11-9-8-10-12-24)32(3,4)27(33)16-19-35(28,34)7/h8-12,25-28,30,37H,1,13-22H2,2-7H3,(H,39,40)/b38-29+/t25-,26+,27-,28+,30+,33-,34+,35+,36?/m0/s1. The summed E-state index contributed by atoms with van der Waals surface area (Å²) in [5.74, 6) is 1.83. The lowest BCUT2D eigenvalue weighted by Gasteiger charge is -2.72. The van der Waals surface area contributed by atoms with Crippen molar-refractivity contribution < 1.29 is 9.90 Å². The molecular weight excluding hydrogens is 492 g/mol. The van der Waals surface area contributed by atoms with Crippen LogP contribution in [0.25, 0.3) is 0 Å². The molecule has 1 unspecified atom stereocenters. The molecule has 0 spiro atoms. The van der Waals surface area contributed by atoms with Gasteiger partial charge in [-0.25, -0.2) is 0 Å². The van der Waals surface area contributed by atoms with Crippen LogP contribution in [-0.4, -0.2) is 16.8 Å². The van der Waals surface area contributed by atoms with Gasteiger partial charge in [0, 0.05) is 11.1 Å². The zero-order valence-corrected chi connectivity index (χ0v) is 25.9. The molecule has 218 valence electrons.